The molecule has 0 bridgehead atoms. The second-order valence-electron chi connectivity index (χ2n) is 11.5. The Labute approximate surface area is 261 Å². The fraction of sp³-hybridized carbons (Fsp3) is 0.393. The van der Waals surface area contributed by atoms with Gasteiger partial charge in [-0.15, -0.1) is 10.2 Å². The monoisotopic (exact) mass is 661 g/mol. The van der Waals surface area contributed by atoms with Gasteiger partial charge in [0.25, 0.3) is 26.1 Å². The molecule has 3 aromatic rings. The lowest BCUT2D eigenvalue weighted by atomic mass is 9.87. The van der Waals surface area contributed by atoms with E-state index in [-0.39, 0.29) is 12.4 Å². The van der Waals surface area contributed by atoms with Crippen molar-refractivity contribution in [1.82, 2.24) is 20.2 Å². The average Bonchev–Trinajstić information content (AvgIpc) is 3.52. The van der Waals surface area contributed by atoms with Crippen LogP contribution in [0.5, 0.6) is 0 Å². The van der Waals surface area contributed by atoms with E-state index in [1.165, 1.54) is 4.68 Å². The van der Waals surface area contributed by atoms with E-state index in [2.05, 4.69) is 15.5 Å². The van der Waals surface area contributed by atoms with E-state index >= 15 is 0 Å². The number of aliphatic hydroxyl groups excluding tert-OH is 1. The van der Waals surface area contributed by atoms with E-state index in [0.717, 1.165) is 29.9 Å². The van der Waals surface area contributed by atoms with Gasteiger partial charge in [-0.3, -0.25) is 13.9 Å². The van der Waals surface area contributed by atoms with E-state index in [4.69, 9.17) is 10.1 Å². The molecule has 4 rings (SSSR count). The van der Waals surface area contributed by atoms with Crippen LogP contribution in [0.25, 0.3) is 0 Å². The van der Waals surface area contributed by atoms with Gasteiger partial charge in [-0.1, -0.05) is 20.8 Å². The lowest BCUT2D eigenvalue weighted by molar-refractivity contribution is 0.0937. The van der Waals surface area contributed by atoms with Gasteiger partial charge in [0.15, 0.2) is 5.82 Å². The average molecular weight is 662 g/mol. The maximum absolute atomic E-state index is 13.1. The number of likely N-dealkylation sites (N-methyl/N-ethyl adjacent to an activating group) is 1. The molecule has 1 aliphatic rings. The van der Waals surface area contributed by atoms with Crippen molar-refractivity contribution < 1.29 is 35.8 Å². The third-order valence-corrected chi connectivity index (χ3v) is 8.68. The highest BCUT2D eigenvalue weighted by molar-refractivity contribution is 7.86. The van der Waals surface area contributed by atoms with Gasteiger partial charge in [-0.25, -0.2) is 4.99 Å². The van der Waals surface area contributed by atoms with Crippen LogP contribution in [0.4, 0.5) is 11.4 Å². The van der Waals surface area contributed by atoms with E-state index in [0.29, 0.717) is 35.5 Å². The predicted molar refractivity (Wildman–Crippen MR) is 167 cm³/mol. The zero-order valence-electron chi connectivity index (χ0n) is 25.5. The molecule has 0 fully saturated rings. The van der Waals surface area contributed by atoms with Crippen LogP contribution in [0, 0.1) is 12.3 Å². The Morgan fingerprint density at radius 2 is 1.67 bits per heavy atom. The maximum Gasteiger partial charge on any atom is 0.294 e. The Hall–Kier alpha value is -4.03. The molecule has 0 aliphatic carbocycles. The summed E-state index contributed by atoms with van der Waals surface area (Å²) >= 11 is 0. The minimum absolute atomic E-state index is 0.0295. The molecule has 1 atom stereocenters. The molecule has 1 aromatic heterocycles. The second-order valence-corrected chi connectivity index (χ2v) is 14.3. The van der Waals surface area contributed by atoms with Crippen LogP contribution >= 0.6 is 0 Å². The summed E-state index contributed by atoms with van der Waals surface area (Å²) in [6, 6.07) is 6.99. The van der Waals surface area contributed by atoms with Gasteiger partial charge in [0.1, 0.15) is 5.71 Å². The number of rotatable bonds is 10. The first-order chi connectivity index (χ1) is 20.8. The number of aliphatic hydroxyl groups is 1. The van der Waals surface area contributed by atoms with E-state index in [1.807, 2.05) is 57.7 Å². The maximum atomic E-state index is 13.1. The lowest BCUT2D eigenvalue weighted by Crippen LogP contribution is -2.29. The number of fused-ring (bicyclic) bond motifs is 1. The molecule has 1 unspecified atom stereocenters. The third-order valence-electron chi connectivity index (χ3n) is 7.01. The van der Waals surface area contributed by atoms with Crippen molar-refractivity contribution in [1.29, 1.82) is 0 Å². The highest BCUT2D eigenvalue weighted by Gasteiger charge is 2.36. The smallest absolute Gasteiger partial charge is 0.294 e. The summed E-state index contributed by atoms with van der Waals surface area (Å²) < 4.78 is 67.1. The van der Waals surface area contributed by atoms with Crippen LogP contribution < -0.4 is 10.2 Å². The Bertz CT molecular complexity index is 1880. The Morgan fingerprint density at radius 3 is 2.18 bits per heavy atom. The minimum Gasteiger partial charge on any atom is -0.395 e. The number of aryl methyl sites for hydroxylation is 1. The Balaban J connectivity index is 1.70. The summed E-state index contributed by atoms with van der Waals surface area (Å²) in [4.78, 5) is 18.3. The second kappa shape index (κ2) is 12.4. The molecule has 15 nitrogen and oxygen atoms in total. The van der Waals surface area contributed by atoms with Crippen molar-refractivity contribution in [2.24, 2.45) is 15.5 Å². The number of hydrogen-bond donors (Lipinski definition) is 4. The number of carbonyl (C=O) groups is 1. The van der Waals surface area contributed by atoms with Crippen molar-refractivity contribution in [3.8, 4) is 0 Å². The summed E-state index contributed by atoms with van der Waals surface area (Å²) in [6.45, 7) is 12.6. The normalized spacial score (nSPS) is 15.1. The van der Waals surface area contributed by atoms with Crippen molar-refractivity contribution in [2.75, 3.05) is 24.6 Å². The van der Waals surface area contributed by atoms with Crippen LogP contribution in [0.1, 0.15) is 68.2 Å². The standard InChI is InChI=1S/C28H35N7O8S2/c1-7-34(10-11-36)19-8-9-22(16(2)12-19)30-23-24(28(4,5)6)33-35-25(31-32-26(23)35)17(3)29-27(37)18-13-20(44(38,39)40)15-21(14-18)45(41,42)43/h8-9,12-15,17,36H,7,10-11H2,1-6H3,(H,29,37)(H,38,39,40)(H,41,42,43)/b30-23-. The van der Waals surface area contributed by atoms with Crippen molar-refractivity contribution in [3.63, 3.8) is 0 Å². The first-order valence-electron chi connectivity index (χ1n) is 13.9. The molecule has 2 heterocycles. The van der Waals surface area contributed by atoms with Crippen molar-refractivity contribution in [2.45, 2.75) is 57.4 Å². The topological polar surface area (TPSA) is 217 Å². The first-order valence-corrected chi connectivity index (χ1v) is 16.7. The van der Waals surface area contributed by atoms with Gasteiger partial charge in [0.2, 0.25) is 5.82 Å². The molecule has 0 saturated heterocycles. The number of amides is 1. The molecular weight excluding hydrogens is 626 g/mol. The largest absolute Gasteiger partial charge is 0.395 e. The minimum atomic E-state index is -4.91. The summed E-state index contributed by atoms with van der Waals surface area (Å²) in [7, 11) is -9.83. The number of benzene rings is 2. The summed E-state index contributed by atoms with van der Waals surface area (Å²) in [5.41, 5.74) is 2.69. The highest BCUT2D eigenvalue weighted by Crippen LogP contribution is 2.31. The molecule has 0 saturated carbocycles. The van der Waals surface area contributed by atoms with Crippen LogP contribution in [0.2, 0.25) is 0 Å². The molecular formula is C28H35N7O8S2. The molecule has 0 spiro atoms. The zero-order valence-corrected chi connectivity index (χ0v) is 27.2. The summed E-state index contributed by atoms with van der Waals surface area (Å²) in [6.07, 6.45) is 0. The number of anilines is 1. The fourth-order valence-electron chi connectivity index (χ4n) is 4.69. The van der Waals surface area contributed by atoms with E-state index in [9.17, 15) is 35.8 Å². The quantitative estimate of drug-likeness (QED) is 0.232. The van der Waals surface area contributed by atoms with Crippen LogP contribution in [0.15, 0.2) is 56.3 Å². The van der Waals surface area contributed by atoms with Gasteiger partial charge >= 0.3 is 0 Å². The molecule has 45 heavy (non-hydrogen) atoms. The molecule has 4 N–H and O–H groups in total. The third kappa shape index (κ3) is 7.28. The van der Waals surface area contributed by atoms with Crippen molar-refractivity contribution >= 4 is 48.9 Å². The molecule has 17 heteroatoms. The summed E-state index contributed by atoms with van der Waals surface area (Å²) in [5.74, 6) is -0.377. The Kier molecular flexibility index (Phi) is 9.33. The number of nitrogens with one attached hydrogen (secondary N) is 1. The predicted octanol–water partition coefficient (Wildman–Crippen LogP) is 2.77. The van der Waals surface area contributed by atoms with Crippen LogP contribution in [0.3, 0.4) is 0 Å². The van der Waals surface area contributed by atoms with Gasteiger partial charge < -0.3 is 15.3 Å². The Morgan fingerprint density at radius 1 is 1.04 bits per heavy atom. The van der Waals surface area contributed by atoms with E-state index < -0.39 is 53.0 Å². The van der Waals surface area contributed by atoms with Gasteiger partial charge in [0.05, 0.1) is 33.8 Å². The molecule has 1 amide bonds. The molecule has 0 radical (unpaired) electrons. The number of carbonyl (C=O) groups excluding carboxylic acids is 1. The van der Waals surface area contributed by atoms with E-state index in [1.54, 1.807) is 6.92 Å². The van der Waals surface area contributed by atoms with Gasteiger partial charge in [0, 0.05) is 29.8 Å². The number of nitrogens with zero attached hydrogens (tertiary/aromatic N) is 6. The zero-order chi connectivity index (χ0) is 33.5. The highest BCUT2D eigenvalue weighted by atomic mass is 32.2. The van der Waals surface area contributed by atoms with Gasteiger partial charge in [-0.2, -0.15) is 26.6 Å². The lowest BCUT2D eigenvalue weighted by Gasteiger charge is -2.23. The number of aliphatic imine (C=N–C) groups is 1. The SMILES string of the molecule is CCN(CCO)c1ccc(/N=C2/C(C(C)(C)C)=Nn3c2nnc3C(C)NC(=O)c2cc(S(=O)(=O)O)cc(S(=O)(=O)O)c2)c(C)c1. The fourth-order valence-corrected chi connectivity index (χ4v) is 5.87. The van der Waals surface area contributed by atoms with Gasteiger partial charge in [-0.05, 0) is 62.7 Å². The molecule has 242 valence electrons. The number of aromatic nitrogens is 3. The van der Waals surface area contributed by atoms with Crippen molar-refractivity contribution in [3.05, 3.63) is 59.2 Å². The van der Waals surface area contributed by atoms with Crippen LogP contribution in [-0.4, -0.2) is 82.9 Å². The van der Waals surface area contributed by atoms with Crippen LogP contribution in [-0.2, 0) is 20.2 Å². The molecule has 2 aromatic carbocycles. The summed E-state index contributed by atoms with van der Waals surface area (Å²) in [5, 5.41) is 25.2. The molecule has 1 aliphatic heterocycles. The first kappa shape index (κ1) is 33.9. The number of hydrogen-bond acceptors (Lipinski definition) is 11.